The molecule has 0 saturated carbocycles. The molecule has 3 rings (SSSR count). The topological polar surface area (TPSA) is 79.5 Å². The summed E-state index contributed by atoms with van der Waals surface area (Å²) in [5.74, 6) is 1.23. The van der Waals surface area contributed by atoms with E-state index in [1.165, 1.54) is 11.3 Å². The molecule has 7 heteroatoms. The Bertz CT molecular complexity index is 932. The van der Waals surface area contributed by atoms with E-state index in [1.807, 2.05) is 41.8 Å². The van der Waals surface area contributed by atoms with Crippen LogP contribution in [0.1, 0.15) is 5.56 Å². The van der Waals surface area contributed by atoms with E-state index >= 15 is 0 Å². The molecule has 0 amide bonds. The fraction of sp³-hybridized carbons (Fsp3) is 0.105. The van der Waals surface area contributed by atoms with Crippen LogP contribution in [-0.4, -0.2) is 24.9 Å². The van der Waals surface area contributed by atoms with E-state index in [9.17, 15) is 0 Å². The number of hydrogen-bond donors (Lipinski definition) is 1. The molecule has 0 spiro atoms. The van der Waals surface area contributed by atoms with Crippen LogP contribution in [0.25, 0.3) is 11.3 Å². The number of nitriles is 1. The molecule has 0 atom stereocenters. The van der Waals surface area contributed by atoms with Gasteiger partial charge in [-0.15, -0.1) is 11.3 Å². The summed E-state index contributed by atoms with van der Waals surface area (Å²) in [5.41, 5.74) is 5.57. The molecule has 0 radical (unpaired) electrons. The maximum absolute atomic E-state index is 8.69. The Labute approximate surface area is 155 Å². The SMILES string of the molecule is COc1ccc(OCC#N)c(C=NNc2nc(-c3ccccc3)cs2)c1. The number of nitrogens with zero attached hydrogens (tertiary/aromatic N) is 3. The Balaban J connectivity index is 1.72. The van der Waals surface area contributed by atoms with E-state index in [2.05, 4.69) is 15.5 Å². The second-order valence-electron chi connectivity index (χ2n) is 5.12. The van der Waals surface area contributed by atoms with E-state index < -0.39 is 0 Å². The molecule has 0 unspecified atom stereocenters. The van der Waals surface area contributed by atoms with E-state index in [4.69, 9.17) is 14.7 Å². The van der Waals surface area contributed by atoms with Crippen molar-refractivity contribution in [1.29, 1.82) is 5.26 Å². The Hall–Kier alpha value is -3.37. The third kappa shape index (κ3) is 4.37. The lowest BCUT2D eigenvalue weighted by Crippen LogP contribution is -1.99. The Morgan fingerprint density at radius 3 is 2.88 bits per heavy atom. The lowest BCUT2D eigenvalue weighted by molar-refractivity contribution is 0.365. The molecule has 0 aliphatic heterocycles. The Morgan fingerprint density at radius 2 is 2.12 bits per heavy atom. The number of hydrogen-bond acceptors (Lipinski definition) is 7. The van der Waals surface area contributed by atoms with E-state index in [-0.39, 0.29) is 6.61 Å². The molecule has 0 aliphatic carbocycles. The van der Waals surface area contributed by atoms with Gasteiger partial charge < -0.3 is 9.47 Å². The van der Waals surface area contributed by atoms with E-state index in [1.54, 1.807) is 31.5 Å². The second-order valence-corrected chi connectivity index (χ2v) is 5.98. The molecule has 1 heterocycles. The highest BCUT2D eigenvalue weighted by molar-refractivity contribution is 7.14. The average molecular weight is 364 g/mol. The van der Waals surface area contributed by atoms with Gasteiger partial charge in [-0.3, -0.25) is 5.43 Å². The van der Waals surface area contributed by atoms with Crippen molar-refractivity contribution in [1.82, 2.24) is 4.98 Å². The quantitative estimate of drug-likeness (QED) is 0.503. The van der Waals surface area contributed by atoms with Crippen LogP contribution in [0.5, 0.6) is 11.5 Å². The Morgan fingerprint density at radius 1 is 1.27 bits per heavy atom. The highest BCUT2D eigenvalue weighted by atomic mass is 32.1. The van der Waals surface area contributed by atoms with Gasteiger partial charge in [0.25, 0.3) is 0 Å². The summed E-state index contributed by atoms with van der Waals surface area (Å²) in [5, 5.41) is 15.6. The number of benzene rings is 2. The number of rotatable bonds is 7. The first-order valence-electron chi connectivity index (χ1n) is 7.78. The van der Waals surface area contributed by atoms with Gasteiger partial charge in [-0.05, 0) is 18.2 Å². The number of nitrogens with one attached hydrogen (secondary N) is 1. The average Bonchev–Trinajstić information content (AvgIpc) is 3.16. The molecule has 2 aromatic carbocycles. The van der Waals surface area contributed by atoms with Crippen molar-refractivity contribution in [3.05, 3.63) is 59.5 Å². The molecule has 0 fully saturated rings. The smallest absolute Gasteiger partial charge is 0.203 e. The summed E-state index contributed by atoms with van der Waals surface area (Å²) in [6.45, 7) is -0.0342. The van der Waals surface area contributed by atoms with Crippen molar-refractivity contribution in [2.75, 3.05) is 19.1 Å². The third-order valence-electron chi connectivity index (χ3n) is 3.45. The molecule has 1 N–H and O–H groups in total. The summed E-state index contributed by atoms with van der Waals surface area (Å²) in [7, 11) is 1.59. The van der Waals surface area contributed by atoms with Gasteiger partial charge in [0, 0.05) is 16.5 Å². The molecule has 0 aliphatic rings. The number of hydrazone groups is 1. The van der Waals surface area contributed by atoms with Gasteiger partial charge in [0.2, 0.25) is 5.13 Å². The van der Waals surface area contributed by atoms with Gasteiger partial charge in [-0.25, -0.2) is 4.98 Å². The van der Waals surface area contributed by atoms with Crippen molar-refractivity contribution in [3.63, 3.8) is 0 Å². The van der Waals surface area contributed by atoms with Crippen LogP contribution in [0.3, 0.4) is 0 Å². The third-order valence-corrected chi connectivity index (χ3v) is 4.19. The number of ether oxygens (including phenoxy) is 2. The number of methoxy groups -OCH3 is 1. The highest BCUT2D eigenvalue weighted by Crippen LogP contribution is 2.25. The molecular formula is C19H16N4O2S. The van der Waals surface area contributed by atoms with Crippen LogP contribution >= 0.6 is 11.3 Å². The zero-order valence-electron chi connectivity index (χ0n) is 14.0. The highest BCUT2D eigenvalue weighted by Gasteiger charge is 2.05. The van der Waals surface area contributed by atoms with Gasteiger partial charge in [0.1, 0.15) is 17.6 Å². The standard InChI is InChI=1S/C19H16N4O2S/c1-24-16-7-8-18(25-10-9-20)15(11-16)12-21-23-19-22-17(13-26-19)14-5-3-2-4-6-14/h2-8,11-13H,10H2,1H3,(H,22,23). The fourth-order valence-electron chi connectivity index (χ4n) is 2.22. The minimum absolute atomic E-state index is 0.0342. The van der Waals surface area contributed by atoms with Gasteiger partial charge in [0.15, 0.2) is 6.61 Å². The first kappa shape index (κ1) is 17.5. The zero-order chi connectivity index (χ0) is 18.2. The monoisotopic (exact) mass is 364 g/mol. The van der Waals surface area contributed by atoms with Crippen molar-refractivity contribution >= 4 is 22.7 Å². The molecule has 1 aromatic heterocycles. The van der Waals surface area contributed by atoms with Crippen LogP contribution in [0.4, 0.5) is 5.13 Å². The Kier molecular flexibility index (Phi) is 5.80. The summed E-state index contributed by atoms with van der Waals surface area (Å²) in [6.07, 6.45) is 1.61. The number of thiazole rings is 1. The van der Waals surface area contributed by atoms with Gasteiger partial charge in [0.05, 0.1) is 19.0 Å². The van der Waals surface area contributed by atoms with Crippen LogP contribution in [0, 0.1) is 11.3 Å². The largest absolute Gasteiger partial charge is 0.497 e. The minimum atomic E-state index is -0.0342. The van der Waals surface area contributed by atoms with E-state index in [0.29, 0.717) is 22.2 Å². The number of aromatic nitrogens is 1. The first-order chi connectivity index (χ1) is 12.8. The zero-order valence-corrected chi connectivity index (χ0v) is 14.9. The summed E-state index contributed by atoms with van der Waals surface area (Å²) >= 11 is 1.47. The maximum atomic E-state index is 8.69. The van der Waals surface area contributed by atoms with Crippen LogP contribution in [-0.2, 0) is 0 Å². The summed E-state index contributed by atoms with van der Waals surface area (Å²) in [6, 6.07) is 17.2. The predicted molar refractivity (Wildman–Crippen MR) is 103 cm³/mol. The lowest BCUT2D eigenvalue weighted by Gasteiger charge is -2.07. The van der Waals surface area contributed by atoms with Gasteiger partial charge in [-0.2, -0.15) is 10.4 Å². The molecule has 130 valence electrons. The lowest BCUT2D eigenvalue weighted by atomic mass is 10.2. The van der Waals surface area contributed by atoms with Crippen molar-refractivity contribution < 1.29 is 9.47 Å². The van der Waals surface area contributed by atoms with E-state index in [0.717, 1.165) is 11.3 Å². The van der Waals surface area contributed by atoms with Crippen LogP contribution in [0.15, 0.2) is 59.0 Å². The second kappa shape index (κ2) is 8.65. The van der Waals surface area contributed by atoms with Gasteiger partial charge in [-0.1, -0.05) is 30.3 Å². The van der Waals surface area contributed by atoms with Crippen molar-refractivity contribution in [3.8, 4) is 28.8 Å². The van der Waals surface area contributed by atoms with Crippen molar-refractivity contribution in [2.45, 2.75) is 0 Å². The molecule has 26 heavy (non-hydrogen) atoms. The number of anilines is 1. The normalized spacial score (nSPS) is 10.5. The van der Waals surface area contributed by atoms with Crippen LogP contribution in [0.2, 0.25) is 0 Å². The predicted octanol–water partition coefficient (Wildman–Crippen LogP) is 4.17. The van der Waals surface area contributed by atoms with Crippen LogP contribution < -0.4 is 14.9 Å². The fourth-order valence-corrected chi connectivity index (χ4v) is 2.89. The molecule has 3 aromatic rings. The first-order valence-corrected chi connectivity index (χ1v) is 8.66. The minimum Gasteiger partial charge on any atom is -0.497 e. The van der Waals surface area contributed by atoms with Crippen molar-refractivity contribution in [2.24, 2.45) is 5.10 Å². The molecular weight excluding hydrogens is 348 g/mol. The maximum Gasteiger partial charge on any atom is 0.203 e. The molecule has 0 saturated heterocycles. The summed E-state index contributed by atoms with van der Waals surface area (Å²) in [4.78, 5) is 4.51. The summed E-state index contributed by atoms with van der Waals surface area (Å²) < 4.78 is 10.6. The molecule has 6 nitrogen and oxygen atoms in total. The van der Waals surface area contributed by atoms with Gasteiger partial charge >= 0.3 is 0 Å². The molecule has 0 bridgehead atoms.